The maximum absolute atomic E-state index is 12.1. The molecule has 0 aliphatic heterocycles. The molecule has 21 heavy (non-hydrogen) atoms. The van der Waals surface area contributed by atoms with E-state index in [4.69, 9.17) is 21.4 Å². The number of nitrogens with zero attached hydrogens (tertiary/aromatic N) is 1. The van der Waals surface area contributed by atoms with Gasteiger partial charge in [0, 0.05) is 12.6 Å². The predicted octanol–water partition coefficient (Wildman–Crippen LogP) is 0.844. The van der Waals surface area contributed by atoms with Crippen molar-refractivity contribution in [1.29, 1.82) is 0 Å². The fourth-order valence-corrected chi connectivity index (χ4v) is 3.11. The van der Waals surface area contributed by atoms with Gasteiger partial charge in [-0.3, -0.25) is 10.1 Å². The Labute approximate surface area is 126 Å². The maximum atomic E-state index is 12.1. The number of aliphatic hydroxyl groups excluding tert-OH is 1. The van der Waals surface area contributed by atoms with Gasteiger partial charge in [-0.1, -0.05) is 11.6 Å². The van der Waals surface area contributed by atoms with E-state index in [1.54, 1.807) is 0 Å². The number of halogens is 1. The number of hydrogen-bond donors (Lipinski definition) is 2. The predicted molar refractivity (Wildman–Crippen MR) is 75.9 cm³/mol. The van der Waals surface area contributed by atoms with E-state index in [-0.39, 0.29) is 36.3 Å². The lowest BCUT2D eigenvalue weighted by Crippen LogP contribution is -2.28. The summed E-state index contributed by atoms with van der Waals surface area (Å²) in [5.41, 5.74) is -0.173. The fraction of sp³-hybridized carbons (Fsp3) is 0.455. The molecule has 0 radical (unpaired) electrons. The van der Waals surface area contributed by atoms with Crippen molar-refractivity contribution in [2.24, 2.45) is 0 Å². The van der Waals surface area contributed by atoms with E-state index in [1.807, 2.05) is 0 Å². The van der Waals surface area contributed by atoms with Crippen LogP contribution in [0.5, 0.6) is 0 Å². The van der Waals surface area contributed by atoms with Crippen molar-refractivity contribution in [2.45, 2.75) is 11.8 Å². The van der Waals surface area contributed by atoms with Crippen LogP contribution in [0.15, 0.2) is 17.0 Å². The Hall–Kier alpha value is -1.26. The zero-order chi connectivity index (χ0) is 16.0. The second kappa shape index (κ2) is 7.66. The number of nitro benzene ring substituents is 1. The van der Waals surface area contributed by atoms with Gasteiger partial charge in [0.15, 0.2) is 0 Å². The monoisotopic (exact) mass is 338 g/mol. The van der Waals surface area contributed by atoms with E-state index in [1.165, 1.54) is 13.0 Å². The third-order valence-electron chi connectivity index (χ3n) is 2.50. The van der Waals surface area contributed by atoms with Crippen LogP contribution in [0.3, 0.4) is 0 Å². The van der Waals surface area contributed by atoms with Gasteiger partial charge >= 0.3 is 0 Å². The number of rotatable bonds is 8. The van der Waals surface area contributed by atoms with Crippen molar-refractivity contribution in [2.75, 3.05) is 26.4 Å². The quantitative estimate of drug-likeness (QED) is 0.412. The van der Waals surface area contributed by atoms with Gasteiger partial charge in [0.25, 0.3) is 5.69 Å². The van der Waals surface area contributed by atoms with Crippen LogP contribution in [0.1, 0.15) is 5.56 Å². The summed E-state index contributed by atoms with van der Waals surface area (Å²) in [4.78, 5) is 9.85. The van der Waals surface area contributed by atoms with E-state index >= 15 is 0 Å². The first-order valence-corrected chi connectivity index (χ1v) is 7.78. The molecule has 0 spiro atoms. The number of hydrogen-bond acceptors (Lipinski definition) is 6. The summed E-state index contributed by atoms with van der Waals surface area (Å²) < 4.78 is 31.4. The van der Waals surface area contributed by atoms with Crippen LogP contribution in [0.4, 0.5) is 5.69 Å². The molecule has 0 aliphatic carbocycles. The molecule has 2 N–H and O–H groups in total. The number of sulfonamides is 1. The van der Waals surface area contributed by atoms with Crippen LogP contribution in [0.2, 0.25) is 5.02 Å². The molecule has 118 valence electrons. The number of ether oxygens (including phenoxy) is 1. The molecule has 0 saturated heterocycles. The maximum Gasteiger partial charge on any atom is 0.289 e. The molecular formula is C11H15ClN2O6S. The molecular weight excluding hydrogens is 324 g/mol. The van der Waals surface area contributed by atoms with Crippen LogP contribution < -0.4 is 4.72 Å². The second-order valence-corrected chi connectivity index (χ2v) is 6.20. The van der Waals surface area contributed by atoms with E-state index in [2.05, 4.69) is 4.72 Å². The zero-order valence-corrected chi connectivity index (χ0v) is 12.8. The molecule has 0 fully saturated rings. The van der Waals surface area contributed by atoms with Gasteiger partial charge in [0.2, 0.25) is 10.0 Å². The highest BCUT2D eigenvalue weighted by atomic mass is 35.5. The van der Waals surface area contributed by atoms with Gasteiger partial charge in [-0.25, -0.2) is 13.1 Å². The molecule has 0 aliphatic rings. The first-order chi connectivity index (χ1) is 9.79. The molecule has 10 heteroatoms. The third kappa shape index (κ3) is 4.90. The van der Waals surface area contributed by atoms with Crippen molar-refractivity contribution in [3.05, 3.63) is 32.8 Å². The van der Waals surface area contributed by atoms with E-state index in [0.717, 1.165) is 6.07 Å². The Balaban J connectivity index is 2.92. The smallest absolute Gasteiger partial charge is 0.289 e. The Morgan fingerprint density at radius 1 is 1.43 bits per heavy atom. The molecule has 0 aromatic heterocycles. The molecule has 0 unspecified atom stereocenters. The lowest BCUT2D eigenvalue weighted by atomic mass is 10.2. The Bertz CT molecular complexity index is 619. The van der Waals surface area contributed by atoms with Crippen LogP contribution in [-0.2, 0) is 14.8 Å². The highest BCUT2D eigenvalue weighted by Gasteiger charge is 2.23. The van der Waals surface area contributed by atoms with E-state index in [0.29, 0.717) is 5.56 Å². The SMILES string of the molecule is Cc1cc(Cl)c([N+](=O)[O-])cc1S(=O)(=O)NCCOCCO. The number of nitro groups is 1. The second-order valence-electron chi connectivity index (χ2n) is 4.06. The van der Waals surface area contributed by atoms with Gasteiger partial charge in [0.05, 0.1) is 29.6 Å². The highest BCUT2D eigenvalue weighted by Crippen LogP contribution is 2.29. The standard InChI is InChI=1S/C11H15ClN2O6S/c1-8-6-9(12)10(14(16)17)7-11(8)21(18,19)13-2-4-20-5-3-15/h6-7,13,15H,2-5H2,1H3. The summed E-state index contributed by atoms with van der Waals surface area (Å²) in [6, 6.07) is 2.16. The molecule has 1 aromatic carbocycles. The van der Waals surface area contributed by atoms with Gasteiger partial charge in [-0.2, -0.15) is 0 Å². The van der Waals surface area contributed by atoms with Crippen LogP contribution in [0, 0.1) is 17.0 Å². The Morgan fingerprint density at radius 2 is 2.10 bits per heavy atom. The molecule has 8 nitrogen and oxygen atoms in total. The topological polar surface area (TPSA) is 119 Å². The average Bonchev–Trinajstić information content (AvgIpc) is 2.37. The zero-order valence-electron chi connectivity index (χ0n) is 11.2. The number of aliphatic hydroxyl groups is 1. The first kappa shape index (κ1) is 17.8. The normalized spacial score (nSPS) is 11.6. The van der Waals surface area contributed by atoms with Gasteiger partial charge in [-0.15, -0.1) is 0 Å². The Morgan fingerprint density at radius 3 is 2.67 bits per heavy atom. The largest absolute Gasteiger partial charge is 0.394 e. The lowest BCUT2D eigenvalue weighted by molar-refractivity contribution is -0.384. The van der Waals surface area contributed by atoms with Crippen molar-refractivity contribution in [1.82, 2.24) is 4.72 Å². The van der Waals surface area contributed by atoms with Crippen LogP contribution >= 0.6 is 11.6 Å². The molecule has 0 heterocycles. The van der Waals surface area contributed by atoms with Crippen molar-refractivity contribution < 1.29 is 23.2 Å². The molecule has 0 amide bonds. The van der Waals surface area contributed by atoms with Crippen LogP contribution in [0.25, 0.3) is 0 Å². The molecule has 1 aromatic rings. The number of aryl methyl sites for hydroxylation is 1. The van der Waals surface area contributed by atoms with Crippen molar-refractivity contribution in [3.8, 4) is 0 Å². The van der Waals surface area contributed by atoms with Gasteiger partial charge in [0.1, 0.15) is 5.02 Å². The minimum atomic E-state index is -3.91. The van der Waals surface area contributed by atoms with Crippen molar-refractivity contribution >= 4 is 27.3 Å². The van der Waals surface area contributed by atoms with Gasteiger partial charge in [-0.05, 0) is 18.6 Å². The summed E-state index contributed by atoms with van der Waals surface area (Å²) in [6.45, 7) is 1.50. The molecule has 1 rings (SSSR count). The summed E-state index contributed by atoms with van der Waals surface area (Å²) >= 11 is 5.71. The lowest BCUT2D eigenvalue weighted by Gasteiger charge is -2.10. The van der Waals surface area contributed by atoms with E-state index < -0.39 is 20.6 Å². The third-order valence-corrected chi connectivity index (χ3v) is 4.41. The van der Waals surface area contributed by atoms with Crippen molar-refractivity contribution in [3.63, 3.8) is 0 Å². The minimum absolute atomic E-state index is 0.0157. The molecule has 0 saturated carbocycles. The number of benzene rings is 1. The van der Waals surface area contributed by atoms with Gasteiger partial charge < -0.3 is 9.84 Å². The number of nitrogens with one attached hydrogen (secondary N) is 1. The average molecular weight is 339 g/mol. The summed E-state index contributed by atoms with van der Waals surface area (Å²) in [7, 11) is -3.91. The van der Waals surface area contributed by atoms with E-state index in [9.17, 15) is 18.5 Å². The summed E-state index contributed by atoms with van der Waals surface area (Å²) in [6.07, 6.45) is 0. The fourth-order valence-electron chi connectivity index (χ4n) is 1.56. The summed E-state index contributed by atoms with van der Waals surface area (Å²) in [5, 5.41) is 19.2. The molecule has 0 bridgehead atoms. The highest BCUT2D eigenvalue weighted by molar-refractivity contribution is 7.89. The molecule has 0 atom stereocenters. The summed E-state index contributed by atoms with van der Waals surface area (Å²) in [5.74, 6) is 0. The minimum Gasteiger partial charge on any atom is -0.394 e. The Kier molecular flexibility index (Phi) is 6.49. The van der Waals surface area contributed by atoms with Crippen LogP contribution in [-0.4, -0.2) is 44.8 Å². The first-order valence-electron chi connectivity index (χ1n) is 5.92.